The number of amides is 1. The van der Waals surface area contributed by atoms with Gasteiger partial charge in [-0.3, -0.25) is 4.79 Å². The highest BCUT2D eigenvalue weighted by Crippen LogP contribution is 2.30. The topological polar surface area (TPSA) is 74.2 Å². The second-order valence-electron chi connectivity index (χ2n) is 8.36. The number of para-hydroxylation sites is 1. The van der Waals surface area contributed by atoms with Crippen LogP contribution in [0.3, 0.4) is 0 Å². The maximum atomic E-state index is 13.4. The second-order valence-corrected chi connectivity index (χ2v) is 8.36. The molecule has 2 aliphatic heterocycles. The van der Waals surface area contributed by atoms with Crippen molar-refractivity contribution in [3.05, 3.63) is 71.8 Å². The number of fused-ring (bicyclic) bond motifs is 1. The van der Waals surface area contributed by atoms with Crippen molar-refractivity contribution >= 4 is 23.2 Å². The first-order chi connectivity index (χ1) is 15.7. The van der Waals surface area contributed by atoms with Crippen LogP contribution in [0.1, 0.15) is 41.4 Å². The fraction of sp³-hybridized carbons (Fsp3) is 0.360. The number of hydrogen-bond donors (Lipinski definition) is 1. The monoisotopic (exact) mass is 428 g/mol. The van der Waals surface area contributed by atoms with E-state index in [1.165, 1.54) is 5.56 Å². The molecule has 2 aliphatic rings. The van der Waals surface area contributed by atoms with Crippen LogP contribution in [0.2, 0.25) is 0 Å². The predicted octanol–water partition coefficient (Wildman–Crippen LogP) is 3.72. The molecule has 1 fully saturated rings. The molecule has 0 saturated carbocycles. The molecule has 0 radical (unpaired) electrons. The number of pyridine rings is 1. The van der Waals surface area contributed by atoms with Crippen molar-refractivity contribution in [2.75, 3.05) is 34.8 Å². The molecule has 0 unspecified atom stereocenters. The van der Waals surface area contributed by atoms with E-state index >= 15 is 0 Å². The van der Waals surface area contributed by atoms with Crippen molar-refractivity contribution in [1.82, 2.24) is 15.0 Å². The smallest absolute Gasteiger partial charge is 0.262 e. The number of rotatable bonds is 5. The molecular weight excluding hydrogens is 400 g/mol. The summed E-state index contributed by atoms with van der Waals surface area (Å²) in [6.45, 7) is 4.64. The predicted molar refractivity (Wildman–Crippen MR) is 126 cm³/mol. The van der Waals surface area contributed by atoms with Crippen LogP contribution in [0.15, 0.2) is 55.0 Å². The minimum absolute atomic E-state index is 0.0102. The number of aromatic nitrogens is 3. The average molecular weight is 429 g/mol. The van der Waals surface area contributed by atoms with E-state index in [1.807, 2.05) is 35.2 Å². The van der Waals surface area contributed by atoms with E-state index in [-0.39, 0.29) is 11.9 Å². The van der Waals surface area contributed by atoms with Gasteiger partial charge in [0.1, 0.15) is 18.0 Å². The minimum Gasteiger partial charge on any atom is -0.367 e. The van der Waals surface area contributed by atoms with Crippen molar-refractivity contribution in [3.8, 4) is 0 Å². The number of carbonyl (C=O) groups excluding carboxylic acids is 1. The van der Waals surface area contributed by atoms with Gasteiger partial charge in [0.15, 0.2) is 0 Å². The van der Waals surface area contributed by atoms with Crippen LogP contribution >= 0.6 is 0 Å². The molecule has 7 nitrogen and oxygen atoms in total. The van der Waals surface area contributed by atoms with Crippen molar-refractivity contribution in [3.63, 3.8) is 0 Å². The van der Waals surface area contributed by atoms with Crippen LogP contribution in [0.25, 0.3) is 0 Å². The Bertz CT molecular complexity index is 1110. The van der Waals surface area contributed by atoms with Crippen molar-refractivity contribution in [2.24, 2.45) is 0 Å². The Morgan fingerprint density at radius 3 is 2.75 bits per heavy atom. The zero-order valence-corrected chi connectivity index (χ0v) is 18.4. The van der Waals surface area contributed by atoms with Crippen LogP contribution in [-0.4, -0.2) is 46.5 Å². The zero-order valence-electron chi connectivity index (χ0n) is 18.4. The summed E-state index contributed by atoms with van der Waals surface area (Å²) in [4.78, 5) is 30.9. The Morgan fingerprint density at radius 1 is 1.06 bits per heavy atom. The Kier molecular flexibility index (Phi) is 5.71. The van der Waals surface area contributed by atoms with Gasteiger partial charge in [-0.1, -0.05) is 25.1 Å². The molecule has 164 valence electrons. The third kappa shape index (κ3) is 4.02. The Morgan fingerprint density at radius 2 is 1.91 bits per heavy atom. The Hall–Kier alpha value is -3.48. The largest absolute Gasteiger partial charge is 0.367 e. The number of anilines is 3. The number of nitrogens with zero attached hydrogens (tertiary/aromatic N) is 5. The fourth-order valence-corrected chi connectivity index (χ4v) is 4.59. The van der Waals surface area contributed by atoms with Crippen molar-refractivity contribution < 1.29 is 4.79 Å². The summed E-state index contributed by atoms with van der Waals surface area (Å²) >= 11 is 0. The lowest BCUT2D eigenvalue weighted by Gasteiger charge is -2.33. The number of nitrogens with one attached hydrogen (secondary N) is 1. The summed E-state index contributed by atoms with van der Waals surface area (Å²) in [5.41, 5.74) is 3.94. The molecule has 7 heteroatoms. The fourth-order valence-electron chi connectivity index (χ4n) is 4.59. The van der Waals surface area contributed by atoms with E-state index in [4.69, 9.17) is 0 Å². The van der Waals surface area contributed by atoms with Crippen LogP contribution < -0.4 is 15.1 Å². The molecule has 1 aromatic carbocycles. The molecule has 0 bridgehead atoms. The van der Waals surface area contributed by atoms with E-state index in [1.54, 1.807) is 12.5 Å². The van der Waals surface area contributed by atoms with Crippen molar-refractivity contribution in [2.45, 2.75) is 38.6 Å². The van der Waals surface area contributed by atoms with E-state index in [2.05, 4.69) is 44.2 Å². The number of carbonyl (C=O) groups is 1. The highest BCUT2D eigenvalue weighted by atomic mass is 16.2. The van der Waals surface area contributed by atoms with Crippen LogP contribution in [-0.2, 0) is 12.8 Å². The van der Waals surface area contributed by atoms with Gasteiger partial charge in [-0.05, 0) is 49.4 Å². The lowest BCUT2D eigenvalue weighted by molar-refractivity contribution is 0.0990. The molecule has 5 rings (SSSR count). The SMILES string of the molecule is CCc1cc(N2CCC(Nc3ncccc3C(=O)N3CCc4ccccc43)CC2)ncn1. The van der Waals surface area contributed by atoms with Crippen LogP contribution in [0, 0.1) is 0 Å². The minimum atomic E-state index is 0.0102. The summed E-state index contributed by atoms with van der Waals surface area (Å²) in [6, 6.07) is 14.2. The van der Waals surface area contributed by atoms with Gasteiger partial charge < -0.3 is 15.1 Å². The van der Waals surface area contributed by atoms with Gasteiger partial charge in [-0.2, -0.15) is 0 Å². The highest BCUT2D eigenvalue weighted by Gasteiger charge is 2.28. The van der Waals surface area contributed by atoms with Crippen LogP contribution in [0.5, 0.6) is 0 Å². The first-order valence-corrected chi connectivity index (χ1v) is 11.4. The summed E-state index contributed by atoms with van der Waals surface area (Å²) in [5.74, 6) is 1.68. The number of benzene rings is 1. The Balaban J connectivity index is 1.27. The third-order valence-corrected chi connectivity index (χ3v) is 6.40. The lowest BCUT2D eigenvalue weighted by Crippen LogP contribution is -2.40. The molecule has 4 heterocycles. The normalized spacial score (nSPS) is 16.2. The Labute approximate surface area is 188 Å². The second kappa shape index (κ2) is 8.94. The lowest BCUT2D eigenvalue weighted by atomic mass is 10.0. The van der Waals surface area contributed by atoms with E-state index in [9.17, 15) is 4.79 Å². The molecule has 1 amide bonds. The number of hydrogen-bond acceptors (Lipinski definition) is 6. The average Bonchev–Trinajstić information content (AvgIpc) is 3.29. The highest BCUT2D eigenvalue weighted by molar-refractivity contribution is 6.10. The summed E-state index contributed by atoms with van der Waals surface area (Å²) in [6.07, 6.45) is 7.13. The van der Waals surface area contributed by atoms with Gasteiger partial charge >= 0.3 is 0 Å². The first kappa shape index (κ1) is 20.4. The quantitative estimate of drug-likeness (QED) is 0.668. The first-order valence-electron chi connectivity index (χ1n) is 11.4. The molecule has 3 aromatic rings. The van der Waals surface area contributed by atoms with E-state index in [0.29, 0.717) is 17.9 Å². The van der Waals surface area contributed by atoms with Crippen LogP contribution in [0.4, 0.5) is 17.3 Å². The van der Waals surface area contributed by atoms with Gasteiger partial charge in [0.05, 0.1) is 5.56 Å². The van der Waals surface area contributed by atoms with Gasteiger partial charge in [-0.25, -0.2) is 15.0 Å². The molecular formula is C25H28N6O. The molecule has 0 spiro atoms. The summed E-state index contributed by atoms with van der Waals surface area (Å²) in [7, 11) is 0. The third-order valence-electron chi connectivity index (χ3n) is 6.40. The standard InChI is InChI=1S/C25H28N6O/c1-2-19-16-23(28-17-27-19)30-13-10-20(11-14-30)29-24-21(7-5-12-26-24)25(32)31-15-9-18-6-3-4-8-22(18)31/h3-8,12,16-17,20H,2,9-11,13-15H2,1H3,(H,26,29). The maximum absolute atomic E-state index is 13.4. The summed E-state index contributed by atoms with van der Waals surface area (Å²) < 4.78 is 0. The molecule has 32 heavy (non-hydrogen) atoms. The van der Waals surface area contributed by atoms with Gasteiger partial charge in [-0.15, -0.1) is 0 Å². The molecule has 1 N–H and O–H groups in total. The zero-order chi connectivity index (χ0) is 21.9. The maximum Gasteiger partial charge on any atom is 0.262 e. The summed E-state index contributed by atoms with van der Waals surface area (Å²) in [5, 5.41) is 3.55. The number of piperidine rings is 1. The van der Waals surface area contributed by atoms with Gasteiger partial charge in [0.2, 0.25) is 0 Å². The van der Waals surface area contributed by atoms with Crippen molar-refractivity contribution in [1.29, 1.82) is 0 Å². The molecule has 1 saturated heterocycles. The van der Waals surface area contributed by atoms with E-state index in [0.717, 1.165) is 56.0 Å². The number of aryl methyl sites for hydroxylation is 1. The van der Waals surface area contributed by atoms with E-state index < -0.39 is 0 Å². The molecule has 0 aliphatic carbocycles. The van der Waals surface area contributed by atoms with Gasteiger partial charge in [0, 0.05) is 49.3 Å². The molecule has 0 atom stereocenters. The molecule has 2 aromatic heterocycles. The van der Waals surface area contributed by atoms with Gasteiger partial charge in [0.25, 0.3) is 5.91 Å².